The van der Waals surface area contributed by atoms with Crippen LogP contribution in [0.15, 0.2) is 46.2 Å². The summed E-state index contributed by atoms with van der Waals surface area (Å²) in [7, 11) is -9.29. The van der Waals surface area contributed by atoms with Crippen molar-refractivity contribution in [2.75, 3.05) is 4.72 Å². The smallest absolute Gasteiger partial charge is 0.298 e. The molecule has 0 aliphatic rings. The van der Waals surface area contributed by atoms with Crippen molar-refractivity contribution in [3.63, 3.8) is 0 Å². The second-order valence-corrected chi connectivity index (χ2v) is 8.06. The molecule has 0 bridgehead atoms. The normalized spacial score (nSPS) is 11.9. The molecular formula is C13H12N2O8S2. The van der Waals surface area contributed by atoms with Gasteiger partial charge in [0.2, 0.25) is 0 Å². The quantitative estimate of drug-likeness (QED) is 0.301. The molecule has 2 aromatic rings. The van der Waals surface area contributed by atoms with Crippen molar-refractivity contribution in [1.29, 1.82) is 0 Å². The van der Waals surface area contributed by atoms with Gasteiger partial charge in [0.15, 0.2) is 5.75 Å². The van der Waals surface area contributed by atoms with E-state index in [1.807, 2.05) is 4.72 Å². The summed E-state index contributed by atoms with van der Waals surface area (Å²) >= 11 is 0. The average Bonchev–Trinajstić information content (AvgIpc) is 2.48. The summed E-state index contributed by atoms with van der Waals surface area (Å²) < 4.78 is 58.0. The molecule has 0 spiro atoms. The van der Waals surface area contributed by atoms with Crippen molar-refractivity contribution in [2.45, 2.75) is 16.7 Å². The molecule has 0 heterocycles. The Balaban J connectivity index is 2.60. The first-order valence-electron chi connectivity index (χ1n) is 6.50. The van der Waals surface area contributed by atoms with E-state index < -0.39 is 47.1 Å². The lowest BCUT2D eigenvalue weighted by Crippen LogP contribution is -2.14. The molecule has 12 heteroatoms. The fourth-order valence-corrected chi connectivity index (χ4v) is 3.58. The maximum Gasteiger partial charge on any atom is 0.298 e. The fraction of sp³-hybridized carbons (Fsp3) is 0.0769. The highest BCUT2D eigenvalue weighted by atomic mass is 32.2. The van der Waals surface area contributed by atoms with E-state index in [0.29, 0.717) is 12.1 Å². The number of nitrogens with one attached hydrogen (secondary N) is 1. The first kappa shape index (κ1) is 18.6. The number of sulfonamides is 1. The highest BCUT2D eigenvalue weighted by Gasteiger charge is 2.26. The van der Waals surface area contributed by atoms with Gasteiger partial charge in [-0.05, 0) is 19.1 Å². The summed E-state index contributed by atoms with van der Waals surface area (Å²) in [5, 5.41) is 20.8. The number of nitro benzene ring substituents is 1. The Bertz CT molecular complexity index is 1040. The van der Waals surface area contributed by atoms with E-state index in [9.17, 15) is 32.1 Å². The van der Waals surface area contributed by atoms with E-state index in [1.165, 1.54) is 24.3 Å². The zero-order chi connectivity index (χ0) is 19.0. The van der Waals surface area contributed by atoms with Crippen molar-refractivity contribution in [3.05, 3.63) is 52.1 Å². The molecule has 0 amide bonds. The minimum absolute atomic E-state index is 0.211. The number of phenols is 1. The Labute approximate surface area is 142 Å². The number of anilines is 1. The highest BCUT2D eigenvalue weighted by molar-refractivity contribution is 7.92. The van der Waals surface area contributed by atoms with Gasteiger partial charge < -0.3 is 5.11 Å². The topological polar surface area (TPSA) is 164 Å². The van der Waals surface area contributed by atoms with Gasteiger partial charge in [-0.25, -0.2) is 8.42 Å². The second kappa shape index (κ2) is 6.31. The number of benzene rings is 2. The molecule has 0 aliphatic carbocycles. The van der Waals surface area contributed by atoms with Crippen LogP contribution in [0.3, 0.4) is 0 Å². The minimum Gasteiger partial charge on any atom is -0.504 e. The van der Waals surface area contributed by atoms with Crippen LogP contribution >= 0.6 is 0 Å². The standard InChI is InChI=1S/C13H12N2O8S2/c1-8-2-4-10(5-3-8)24(19,20)14-11-6-9(15(17)18)7-12(13(11)16)25(21,22)23/h2-7,14,16H,1H3,(H,21,22,23). The van der Waals surface area contributed by atoms with Crippen LogP contribution in [0, 0.1) is 17.0 Å². The van der Waals surface area contributed by atoms with Crippen LogP contribution in [-0.4, -0.2) is 31.4 Å². The van der Waals surface area contributed by atoms with Crippen LogP contribution in [-0.2, 0) is 20.1 Å². The number of rotatable bonds is 5. The number of hydrogen-bond donors (Lipinski definition) is 3. The van der Waals surface area contributed by atoms with Crippen LogP contribution in [0.1, 0.15) is 5.56 Å². The number of aryl methyl sites for hydroxylation is 1. The molecule has 2 aromatic carbocycles. The molecular weight excluding hydrogens is 376 g/mol. The van der Waals surface area contributed by atoms with Gasteiger partial charge in [-0.2, -0.15) is 8.42 Å². The van der Waals surface area contributed by atoms with Crippen LogP contribution in [0.25, 0.3) is 0 Å². The lowest BCUT2D eigenvalue weighted by molar-refractivity contribution is -0.385. The Hall–Kier alpha value is -2.70. The third-order valence-electron chi connectivity index (χ3n) is 3.12. The average molecular weight is 388 g/mol. The number of aromatic hydroxyl groups is 1. The Morgan fingerprint density at radius 1 is 1.08 bits per heavy atom. The van der Waals surface area contributed by atoms with Gasteiger partial charge >= 0.3 is 0 Å². The van der Waals surface area contributed by atoms with E-state index >= 15 is 0 Å². The van der Waals surface area contributed by atoms with Crippen molar-refractivity contribution in [2.24, 2.45) is 0 Å². The van der Waals surface area contributed by atoms with Crippen LogP contribution in [0.2, 0.25) is 0 Å². The zero-order valence-electron chi connectivity index (χ0n) is 12.6. The Kier molecular flexibility index (Phi) is 4.70. The van der Waals surface area contributed by atoms with Gasteiger partial charge in [0.05, 0.1) is 15.5 Å². The van der Waals surface area contributed by atoms with E-state index in [0.717, 1.165) is 5.56 Å². The van der Waals surface area contributed by atoms with E-state index in [2.05, 4.69) is 0 Å². The maximum atomic E-state index is 12.3. The first-order valence-corrected chi connectivity index (χ1v) is 9.42. The fourth-order valence-electron chi connectivity index (χ4n) is 1.89. The SMILES string of the molecule is Cc1ccc(S(=O)(=O)Nc2cc([N+](=O)[O-])cc(S(=O)(=O)O)c2O)cc1. The molecule has 0 radical (unpaired) electrons. The molecule has 134 valence electrons. The summed E-state index contributed by atoms with van der Waals surface area (Å²) in [6.07, 6.45) is 0. The van der Waals surface area contributed by atoms with Gasteiger partial charge in [-0.3, -0.25) is 19.4 Å². The lowest BCUT2D eigenvalue weighted by atomic mass is 10.2. The Morgan fingerprint density at radius 2 is 1.64 bits per heavy atom. The number of phenolic OH excluding ortho intramolecular Hbond substituents is 1. The molecule has 10 nitrogen and oxygen atoms in total. The van der Waals surface area contributed by atoms with E-state index in [1.54, 1.807) is 6.92 Å². The minimum atomic E-state index is -5.03. The molecule has 0 atom stereocenters. The number of non-ortho nitro benzene ring substituents is 1. The number of nitrogens with zero attached hydrogens (tertiary/aromatic N) is 1. The molecule has 0 aromatic heterocycles. The molecule has 0 unspecified atom stereocenters. The van der Waals surface area contributed by atoms with Crippen molar-refractivity contribution >= 4 is 31.5 Å². The van der Waals surface area contributed by atoms with Gasteiger partial charge in [-0.15, -0.1) is 0 Å². The second-order valence-electron chi connectivity index (χ2n) is 4.99. The summed E-state index contributed by atoms with van der Waals surface area (Å²) in [6.45, 7) is 1.73. The van der Waals surface area contributed by atoms with Crippen molar-refractivity contribution in [1.82, 2.24) is 0 Å². The summed E-state index contributed by atoms with van der Waals surface area (Å²) in [4.78, 5) is 8.48. The van der Waals surface area contributed by atoms with Gasteiger partial charge in [0.25, 0.3) is 25.8 Å². The molecule has 0 fully saturated rings. The monoisotopic (exact) mass is 388 g/mol. The molecule has 3 N–H and O–H groups in total. The van der Waals surface area contributed by atoms with Crippen LogP contribution < -0.4 is 4.72 Å². The summed E-state index contributed by atoms with van der Waals surface area (Å²) in [5.41, 5.74) is -0.819. The van der Waals surface area contributed by atoms with Gasteiger partial charge in [0, 0.05) is 12.1 Å². The summed E-state index contributed by atoms with van der Waals surface area (Å²) in [5.74, 6) is -1.16. The lowest BCUT2D eigenvalue weighted by Gasteiger charge is -2.11. The maximum absolute atomic E-state index is 12.3. The first-order chi connectivity index (χ1) is 11.4. The van der Waals surface area contributed by atoms with Gasteiger partial charge in [0.1, 0.15) is 4.90 Å². The van der Waals surface area contributed by atoms with E-state index in [4.69, 9.17) is 4.55 Å². The van der Waals surface area contributed by atoms with Gasteiger partial charge in [-0.1, -0.05) is 17.7 Å². The predicted molar refractivity (Wildman–Crippen MR) is 86.6 cm³/mol. The third-order valence-corrected chi connectivity index (χ3v) is 5.37. The number of hydrogen-bond acceptors (Lipinski definition) is 7. The van der Waals surface area contributed by atoms with Crippen molar-refractivity contribution in [3.8, 4) is 5.75 Å². The Morgan fingerprint density at radius 3 is 2.12 bits per heavy atom. The number of nitro groups is 1. The predicted octanol–water partition coefficient (Wildman–Crippen LogP) is 1.66. The highest BCUT2D eigenvalue weighted by Crippen LogP contribution is 2.36. The summed E-state index contributed by atoms with van der Waals surface area (Å²) in [6, 6.07) is 6.58. The molecule has 0 saturated carbocycles. The molecule has 0 saturated heterocycles. The molecule has 25 heavy (non-hydrogen) atoms. The van der Waals surface area contributed by atoms with Crippen LogP contribution in [0.4, 0.5) is 11.4 Å². The zero-order valence-corrected chi connectivity index (χ0v) is 14.2. The molecule has 0 aliphatic heterocycles. The van der Waals surface area contributed by atoms with Crippen molar-refractivity contribution < 1.29 is 31.4 Å². The largest absolute Gasteiger partial charge is 0.504 e. The third kappa shape index (κ3) is 4.04. The van der Waals surface area contributed by atoms with Crippen LogP contribution in [0.5, 0.6) is 5.75 Å². The molecule has 2 rings (SSSR count). The van der Waals surface area contributed by atoms with E-state index in [-0.39, 0.29) is 4.90 Å².